The van der Waals surface area contributed by atoms with Crippen molar-refractivity contribution in [1.82, 2.24) is 15.1 Å². The van der Waals surface area contributed by atoms with Crippen LogP contribution in [0.2, 0.25) is 0 Å². The highest BCUT2D eigenvalue weighted by Crippen LogP contribution is 2.34. The summed E-state index contributed by atoms with van der Waals surface area (Å²) in [5.41, 5.74) is 11.7. The topological polar surface area (TPSA) is 87.6 Å². The van der Waals surface area contributed by atoms with Crippen molar-refractivity contribution in [2.24, 2.45) is 4.99 Å². The molecule has 2 heterocycles. The molecule has 1 aliphatic rings. The molecule has 6 nitrogen and oxygen atoms in total. The Bertz CT molecular complexity index is 1070. The van der Waals surface area contributed by atoms with E-state index in [1.54, 1.807) is 19.3 Å². The maximum Gasteiger partial charge on any atom is 0.125 e. The number of nitrogen functional groups attached to an aromatic ring is 1. The Balaban J connectivity index is 1.55. The van der Waals surface area contributed by atoms with Gasteiger partial charge >= 0.3 is 0 Å². The minimum atomic E-state index is 0.173. The molecule has 0 bridgehead atoms. The van der Waals surface area contributed by atoms with Gasteiger partial charge in [-0.25, -0.2) is 0 Å². The highest BCUT2D eigenvalue weighted by atomic mass is 16.3. The molecule has 1 aromatic heterocycles. The Morgan fingerprint density at radius 1 is 1.07 bits per heavy atom. The Labute approximate surface area is 177 Å². The third-order valence-corrected chi connectivity index (χ3v) is 5.71. The van der Waals surface area contributed by atoms with Crippen molar-refractivity contribution in [3.63, 3.8) is 0 Å². The van der Waals surface area contributed by atoms with Crippen LogP contribution < -0.4 is 5.73 Å². The summed E-state index contributed by atoms with van der Waals surface area (Å²) in [6.07, 6.45) is 1.73. The summed E-state index contributed by atoms with van der Waals surface area (Å²) < 4.78 is 0. The van der Waals surface area contributed by atoms with Gasteiger partial charge in [-0.15, -0.1) is 0 Å². The first-order chi connectivity index (χ1) is 14.5. The third-order valence-electron chi connectivity index (χ3n) is 5.71. The number of benzene rings is 2. The van der Waals surface area contributed by atoms with Crippen molar-refractivity contribution in [2.75, 3.05) is 25.9 Å². The van der Waals surface area contributed by atoms with Gasteiger partial charge in [0, 0.05) is 55.1 Å². The maximum absolute atomic E-state index is 10.6. The van der Waals surface area contributed by atoms with Gasteiger partial charge in [-0.05, 0) is 61.4 Å². The average Bonchev–Trinajstić information content (AvgIpc) is 2.69. The lowest BCUT2D eigenvalue weighted by Gasteiger charge is -2.41. The minimum absolute atomic E-state index is 0.173. The number of rotatable bonds is 5. The number of aromatic hydroxyl groups is 1. The lowest BCUT2D eigenvalue weighted by molar-refractivity contribution is 0.107. The first-order valence-corrected chi connectivity index (χ1v) is 10.2. The number of aromatic nitrogens is 2. The van der Waals surface area contributed by atoms with Crippen molar-refractivity contribution < 1.29 is 5.11 Å². The summed E-state index contributed by atoms with van der Waals surface area (Å²) in [6, 6.07) is 15.9. The van der Waals surface area contributed by atoms with E-state index in [0.29, 0.717) is 28.9 Å². The fourth-order valence-electron chi connectivity index (χ4n) is 3.76. The summed E-state index contributed by atoms with van der Waals surface area (Å²) in [7, 11) is 1.71. The Morgan fingerprint density at radius 2 is 1.80 bits per heavy atom. The van der Waals surface area contributed by atoms with Crippen LogP contribution in [0, 0.1) is 0 Å². The molecule has 3 N–H and O–H groups in total. The molecule has 0 amide bonds. The lowest BCUT2D eigenvalue weighted by Crippen LogP contribution is -2.48. The zero-order valence-corrected chi connectivity index (χ0v) is 17.6. The maximum atomic E-state index is 10.6. The van der Waals surface area contributed by atoms with E-state index in [2.05, 4.69) is 33.9 Å². The van der Waals surface area contributed by atoms with Gasteiger partial charge in [0.15, 0.2) is 0 Å². The molecule has 0 radical (unpaired) electrons. The highest BCUT2D eigenvalue weighted by molar-refractivity contribution is 5.89. The number of likely N-dealkylation sites (tertiary alicyclic amines) is 1. The number of nitrogens with two attached hydrogens (primary N) is 1. The Morgan fingerprint density at radius 3 is 2.43 bits per heavy atom. The smallest absolute Gasteiger partial charge is 0.125 e. The van der Waals surface area contributed by atoms with Crippen LogP contribution in [-0.4, -0.2) is 52.6 Å². The van der Waals surface area contributed by atoms with Crippen molar-refractivity contribution in [3.05, 3.63) is 59.8 Å². The van der Waals surface area contributed by atoms with E-state index in [-0.39, 0.29) is 5.75 Å². The summed E-state index contributed by atoms with van der Waals surface area (Å²) in [5, 5.41) is 19.4. The number of aliphatic imine (C=N–C) groups is 1. The standard InChI is InChI=1S/C24H27N5O/c1-15(2)29-13-19(14-29)22-8-9-23(28-27-22)20-6-4-17(11-24(20)30)16-5-7-21(25)18(10-16)12-26-3/h4-12,15,19,30H,13-14,25H2,1-3H3. The van der Waals surface area contributed by atoms with Gasteiger partial charge in [0.1, 0.15) is 5.75 Å². The van der Waals surface area contributed by atoms with Crippen LogP contribution in [0.25, 0.3) is 22.4 Å². The molecule has 0 saturated carbocycles. The molecule has 0 atom stereocenters. The van der Waals surface area contributed by atoms with Crippen molar-refractivity contribution >= 4 is 11.9 Å². The molecule has 0 aliphatic carbocycles. The minimum Gasteiger partial charge on any atom is -0.507 e. The van der Waals surface area contributed by atoms with Gasteiger partial charge in [-0.1, -0.05) is 12.1 Å². The molecule has 30 heavy (non-hydrogen) atoms. The zero-order valence-electron chi connectivity index (χ0n) is 17.6. The second-order valence-corrected chi connectivity index (χ2v) is 8.05. The molecule has 1 fully saturated rings. The molecule has 2 aromatic carbocycles. The van der Waals surface area contributed by atoms with E-state index in [1.165, 1.54) is 0 Å². The number of phenols is 1. The molecule has 1 saturated heterocycles. The van der Waals surface area contributed by atoms with Crippen molar-refractivity contribution in [1.29, 1.82) is 0 Å². The second kappa shape index (κ2) is 8.24. The van der Waals surface area contributed by atoms with E-state index >= 15 is 0 Å². The lowest BCUT2D eigenvalue weighted by atomic mass is 9.94. The molecule has 0 unspecified atom stereocenters. The monoisotopic (exact) mass is 401 g/mol. The van der Waals surface area contributed by atoms with Crippen LogP contribution in [0.3, 0.4) is 0 Å². The molecule has 154 valence electrons. The van der Waals surface area contributed by atoms with Gasteiger partial charge in [0.25, 0.3) is 0 Å². The van der Waals surface area contributed by atoms with E-state index < -0.39 is 0 Å². The summed E-state index contributed by atoms with van der Waals surface area (Å²) >= 11 is 0. The largest absolute Gasteiger partial charge is 0.507 e. The highest BCUT2D eigenvalue weighted by Gasteiger charge is 2.30. The first kappa shape index (κ1) is 20.0. The first-order valence-electron chi connectivity index (χ1n) is 10.2. The summed E-state index contributed by atoms with van der Waals surface area (Å²) in [5.74, 6) is 0.614. The summed E-state index contributed by atoms with van der Waals surface area (Å²) in [6.45, 7) is 6.47. The fraction of sp³-hybridized carbons (Fsp3) is 0.292. The van der Waals surface area contributed by atoms with E-state index in [9.17, 15) is 5.11 Å². The number of nitrogens with zero attached hydrogens (tertiary/aromatic N) is 4. The SMILES string of the molecule is CN=Cc1cc(-c2ccc(-c3ccc(C4CN(C(C)C)C4)nn3)c(O)c2)ccc1N. The molecule has 1 aliphatic heterocycles. The molecule has 4 rings (SSSR count). The normalized spacial score (nSPS) is 15.1. The van der Waals surface area contributed by atoms with E-state index in [4.69, 9.17) is 5.73 Å². The van der Waals surface area contributed by atoms with E-state index in [0.717, 1.165) is 35.5 Å². The number of hydrogen-bond acceptors (Lipinski definition) is 6. The van der Waals surface area contributed by atoms with Crippen LogP contribution >= 0.6 is 0 Å². The quantitative estimate of drug-likeness (QED) is 0.499. The van der Waals surface area contributed by atoms with Gasteiger partial charge in [0.2, 0.25) is 0 Å². The fourth-order valence-corrected chi connectivity index (χ4v) is 3.76. The van der Waals surface area contributed by atoms with Crippen LogP contribution in [-0.2, 0) is 0 Å². The van der Waals surface area contributed by atoms with E-state index in [1.807, 2.05) is 42.5 Å². The average molecular weight is 402 g/mol. The molecule has 6 heteroatoms. The number of anilines is 1. The van der Waals surface area contributed by atoms with Crippen molar-refractivity contribution in [2.45, 2.75) is 25.8 Å². The molecular weight excluding hydrogens is 374 g/mol. The molecule has 3 aromatic rings. The predicted octanol–water partition coefficient (Wildman–Crippen LogP) is 3.95. The Hall–Kier alpha value is -3.25. The van der Waals surface area contributed by atoms with Crippen LogP contribution in [0.5, 0.6) is 5.75 Å². The van der Waals surface area contributed by atoms with Crippen molar-refractivity contribution in [3.8, 4) is 28.1 Å². The van der Waals surface area contributed by atoms with Gasteiger partial charge in [0.05, 0.1) is 11.4 Å². The number of hydrogen-bond donors (Lipinski definition) is 2. The second-order valence-electron chi connectivity index (χ2n) is 8.05. The van der Waals surface area contributed by atoms with Gasteiger partial charge in [-0.3, -0.25) is 9.89 Å². The number of phenolic OH excluding ortho intramolecular Hbond substituents is 1. The van der Waals surface area contributed by atoms with Crippen LogP contribution in [0.15, 0.2) is 53.5 Å². The van der Waals surface area contributed by atoms with Gasteiger partial charge in [-0.2, -0.15) is 10.2 Å². The van der Waals surface area contributed by atoms with Crippen LogP contribution in [0.4, 0.5) is 5.69 Å². The Kier molecular flexibility index (Phi) is 5.50. The van der Waals surface area contributed by atoms with Crippen LogP contribution in [0.1, 0.15) is 31.0 Å². The zero-order chi connectivity index (χ0) is 21.3. The summed E-state index contributed by atoms with van der Waals surface area (Å²) in [4.78, 5) is 6.46. The molecule has 0 spiro atoms. The molecular formula is C24H27N5O. The van der Waals surface area contributed by atoms with Gasteiger partial charge < -0.3 is 10.8 Å². The third kappa shape index (κ3) is 3.91. The predicted molar refractivity (Wildman–Crippen MR) is 122 cm³/mol.